The number of esters is 1. The van der Waals surface area contributed by atoms with E-state index in [1.54, 1.807) is 24.8 Å². The van der Waals surface area contributed by atoms with Crippen molar-refractivity contribution >= 4 is 11.9 Å². The summed E-state index contributed by atoms with van der Waals surface area (Å²) in [6, 6.07) is 0. The third kappa shape index (κ3) is 3.39. The van der Waals surface area contributed by atoms with E-state index in [0.29, 0.717) is 30.0 Å². The molecule has 122 valence electrons. The predicted molar refractivity (Wildman–Crippen MR) is 81.7 cm³/mol. The van der Waals surface area contributed by atoms with Gasteiger partial charge in [-0.25, -0.2) is 9.59 Å². The van der Waals surface area contributed by atoms with Crippen molar-refractivity contribution in [3.05, 3.63) is 35.2 Å². The van der Waals surface area contributed by atoms with Crippen LogP contribution < -0.4 is 0 Å². The normalized spacial score (nSPS) is 18.5. The van der Waals surface area contributed by atoms with Gasteiger partial charge in [0.25, 0.3) is 0 Å². The van der Waals surface area contributed by atoms with Crippen molar-refractivity contribution in [2.75, 3.05) is 20.4 Å². The minimum Gasteiger partial charge on any atom is -0.478 e. The first kappa shape index (κ1) is 18.0. The fourth-order valence-electron chi connectivity index (χ4n) is 2.67. The van der Waals surface area contributed by atoms with Gasteiger partial charge in [-0.05, 0) is 27.2 Å². The van der Waals surface area contributed by atoms with Gasteiger partial charge >= 0.3 is 11.9 Å². The molecule has 0 saturated heterocycles. The molecule has 1 aliphatic rings. The molecule has 0 aromatic rings. The molecule has 0 aromatic heterocycles. The lowest BCUT2D eigenvalue weighted by molar-refractivity contribution is -0.137. The molecule has 0 amide bonds. The molecule has 1 aliphatic heterocycles. The summed E-state index contributed by atoms with van der Waals surface area (Å²) in [6.45, 7) is 9.67. The van der Waals surface area contributed by atoms with E-state index in [9.17, 15) is 14.7 Å². The monoisotopic (exact) mass is 309 g/mol. The molecule has 6 nitrogen and oxygen atoms in total. The number of hydrogen-bond donors (Lipinski definition) is 1. The van der Waals surface area contributed by atoms with Crippen LogP contribution in [0.1, 0.15) is 27.2 Å². The van der Waals surface area contributed by atoms with Gasteiger partial charge in [-0.2, -0.15) is 0 Å². The molecule has 1 unspecified atom stereocenters. The zero-order chi connectivity index (χ0) is 16.9. The fraction of sp³-hybridized carbons (Fsp3) is 0.500. The Morgan fingerprint density at radius 3 is 2.36 bits per heavy atom. The Morgan fingerprint density at radius 2 is 1.91 bits per heavy atom. The molecule has 0 fully saturated rings. The number of carboxylic acid groups (broad SMARTS) is 1. The number of methoxy groups -OCH3 is 1. The zero-order valence-electron chi connectivity index (χ0n) is 13.5. The second-order valence-electron chi connectivity index (χ2n) is 4.92. The zero-order valence-corrected chi connectivity index (χ0v) is 13.5. The number of carboxylic acids is 1. The molecule has 0 bridgehead atoms. The van der Waals surface area contributed by atoms with Crippen molar-refractivity contribution < 1.29 is 24.2 Å². The van der Waals surface area contributed by atoms with E-state index in [2.05, 4.69) is 6.58 Å². The van der Waals surface area contributed by atoms with Crippen LogP contribution in [0.5, 0.6) is 0 Å². The van der Waals surface area contributed by atoms with Gasteiger partial charge in [0.1, 0.15) is 6.73 Å². The molecule has 1 rings (SSSR count). The highest BCUT2D eigenvalue weighted by Crippen LogP contribution is 2.38. The summed E-state index contributed by atoms with van der Waals surface area (Å²) < 4.78 is 10.2. The summed E-state index contributed by atoms with van der Waals surface area (Å²) in [5, 5.41) is 9.57. The molecule has 1 N–H and O–H groups in total. The number of allylic oxidation sites excluding steroid dienone is 3. The Kier molecular flexibility index (Phi) is 6.37. The molecule has 0 spiro atoms. The van der Waals surface area contributed by atoms with Gasteiger partial charge in [0.15, 0.2) is 0 Å². The van der Waals surface area contributed by atoms with Gasteiger partial charge in [-0.1, -0.05) is 6.08 Å². The van der Waals surface area contributed by atoms with Crippen LogP contribution in [0.4, 0.5) is 0 Å². The van der Waals surface area contributed by atoms with Gasteiger partial charge in [0.2, 0.25) is 0 Å². The summed E-state index contributed by atoms with van der Waals surface area (Å²) in [5.41, 5.74) is 1.73. The lowest BCUT2D eigenvalue weighted by Crippen LogP contribution is -2.36. The Bertz CT molecular complexity index is 533. The van der Waals surface area contributed by atoms with Crippen molar-refractivity contribution in [1.29, 1.82) is 0 Å². The Labute approximate surface area is 130 Å². The Hall–Kier alpha value is -2.08. The van der Waals surface area contributed by atoms with Gasteiger partial charge in [0, 0.05) is 23.9 Å². The summed E-state index contributed by atoms with van der Waals surface area (Å²) in [5.74, 6) is -2.16. The molecular formula is C16H23NO5. The van der Waals surface area contributed by atoms with Crippen molar-refractivity contribution in [2.45, 2.75) is 27.2 Å². The predicted octanol–water partition coefficient (Wildman–Crippen LogP) is 2.29. The van der Waals surface area contributed by atoms with Crippen LogP contribution in [-0.4, -0.2) is 42.4 Å². The number of aliphatic carboxylic acids is 1. The lowest BCUT2D eigenvalue weighted by Gasteiger charge is -2.36. The van der Waals surface area contributed by atoms with E-state index in [4.69, 9.17) is 9.47 Å². The molecule has 0 saturated carbocycles. The smallest absolute Gasteiger partial charge is 0.336 e. The van der Waals surface area contributed by atoms with Crippen LogP contribution in [0.2, 0.25) is 0 Å². The standard InChI is InChI=1S/C16H23NO5/c1-6-8-12-13(15(18)19)10(3)17(9-22-7-2)11(4)14(12)16(20)21-5/h6,12H,1,7-9H2,2-5H3,(H,18,19). The first-order valence-corrected chi connectivity index (χ1v) is 7.09. The second kappa shape index (κ2) is 7.79. The molecule has 1 heterocycles. The van der Waals surface area contributed by atoms with Gasteiger partial charge in [0.05, 0.1) is 18.3 Å². The topological polar surface area (TPSA) is 76.1 Å². The first-order valence-electron chi connectivity index (χ1n) is 7.09. The maximum atomic E-state index is 12.2. The van der Waals surface area contributed by atoms with Gasteiger partial charge in [-0.3, -0.25) is 0 Å². The molecular weight excluding hydrogens is 286 g/mol. The SMILES string of the molecule is C=CCC1C(C(=O)O)=C(C)N(COCC)C(C)=C1C(=O)OC. The highest BCUT2D eigenvalue weighted by Gasteiger charge is 2.38. The average molecular weight is 309 g/mol. The third-order valence-corrected chi connectivity index (χ3v) is 3.75. The lowest BCUT2D eigenvalue weighted by atomic mass is 9.82. The van der Waals surface area contributed by atoms with Crippen molar-refractivity contribution in [1.82, 2.24) is 4.90 Å². The van der Waals surface area contributed by atoms with Crippen LogP contribution in [0.15, 0.2) is 35.2 Å². The number of nitrogens with zero attached hydrogens (tertiary/aromatic N) is 1. The van der Waals surface area contributed by atoms with E-state index < -0.39 is 17.9 Å². The van der Waals surface area contributed by atoms with E-state index in [1.165, 1.54) is 7.11 Å². The van der Waals surface area contributed by atoms with Crippen LogP contribution in [0.3, 0.4) is 0 Å². The minimum atomic E-state index is -1.06. The maximum Gasteiger partial charge on any atom is 0.336 e. The van der Waals surface area contributed by atoms with Gasteiger partial charge in [-0.15, -0.1) is 6.58 Å². The van der Waals surface area contributed by atoms with Crippen LogP contribution >= 0.6 is 0 Å². The van der Waals surface area contributed by atoms with Crippen molar-refractivity contribution in [3.63, 3.8) is 0 Å². The average Bonchev–Trinajstić information content (AvgIpc) is 2.46. The van der Waals surface area contributed by atoms with E-state index in [1.807, 2.05) is 6.92 Å². The first-order chi connectivity index (χ1) is 10.4. The quantitative estimate of drug-likeness (QED) is 0.574. The number of ether oxygens (including phenoxy) is 2. The number of rotatable bonds is 7. The van der Waals surface area contributed by atoms with Crippen LogP contribution in [0, 0.1) is 5.92 Å². The molecule has 0 aliphatic carbocycles. The largest absolute Gasteiger partial charge is 0.478 e. The van der Waals surface area contributed by atoms with Crippen molar-refractivity contribution in [3.8, 4) is 0 Å². The molecule has 1 atom stereocenters. The van der Waals surface area contributed by atoms with E-state index in [-0.39, 0.29) is 12.3 Å². The van der Waals surface area contributed by atoms with Gasteiger partial charge < -0.3 is 19.5 Å². The van der Waals surface area contributed by atoms with E-state index in [0.717, 1.165) is 0 Å². The number of carbonyl (C=O) groups is 2. The summed E-state index contributed by atoms with van der Waals surface area (Å²) in [7, 11) is 1.28. The third-order valence-electron chi connectivity index (χ3n) is 3.75. The molecule has 22 heavy (non-hydrogen) atoms. The Balaban J connectivity index is 3.46. The molecule has 6 heteroatoms. The van der Waals surface area contributed by atoms with Crippen LogP contribution in [-0.2, 0) is 19.1 Å². The highest BCUT2D eigenvalue weighted by atomic mass is 16.5. The summed E-state index contributed by atoms with van der Waals surface area (Å²) >= 11 is 0. The van der Waals surface area contributed by atoms with E-state index >= 15 is 0 Å². The second-order valence-corrected chi connectivity index (χ2v) is 4.92. The molecule has 0 aromatic carbocycles. The Morgan fingerprint density at radius 1 is 1.32 bits per heavy atom. The molecule has 0 radical (unpaired) electrons. The maximum absolute atomic E-state index is 12.2. The minimum absolute atomic E-state index is 0.172. The summed E-state index contributed by atoms with van der Waals surface area (Å²) in [4.78, 5) is 25.6. The van der Waals surface area contributed by atoms with Crippen molar-refractivity contribution in [2.24, 2.45) is 5.92 Å². The summed E-state index contributed by atoms with van der Waals surface area (Å²) in [6.07, 6.45) is 1.96. The number of hydrogen-bond acceptors (Lipinski definition) is 5. The highest BCUT2D eigenvalue weighted by molar-refractivity contribution is 5.97. The fourth-order valence-corrected chi connectivity index (χ4v) is 2.67. The number of carbonyl (C=O) groups excluding carboxylic acids is 1. The van der Waals surface area contributed by atoms with Crippen LogP contribution in [0.25, 0.3) is 0 Å².